The number of ether oxygens (including phenoxy) is 2. The summed E-state index contributed by atoms with van der Waals surface area (Å²) in [6.45, 7) is 3.62. The van der Waals surface area contributed by atoms with Gasteiger partial charge in [0.05, 0.1) is 18.9 Å². The summed E-state index contributed by atoms with van der Waals surface area (Å²) >= 11 is 0. The molecule has 3 rings (SSSR count). The summed E-state index contributed by atoms with van der Waals surface area (Å²) in [5, 5.41) is 9.03. The molecule has 0 bridgehead atoms. The largest absolute Gasteiger partial charge is 0.455 e. The molecule has 26 heavy (non-hydrogen) atoms. The lowest BCUT2D eigenvalue weighted by Crippen LogP contribution is -2.37. The van der Waals surface area contributed by atoms with Crippen LogP contribution in [0.25, 0.3) is 0 Å². The normalized spacial score (nSPS) is 16.7. The number of rotatable bonds is 5. The standard InChI is InChI=1S/C19H23N3O3.ClH/c23-19(21-13-15-12-20-10-11-24-14-15)22-17-8-4-5-9-18(17)25-16-6-2-1-3-7-16;/h1-9,15,20H,10-14H2,(H2,21,22,23);1H. The van der Waals surface area contributed by atoms with Crippen LogP contribution in [0.3, 0.4) is 0 Å². The quantitative estimate of drug-likeness (QED) is 0.748. The van der Waals surface area contributed by atoms with Crippen molar-refractivity contribution >= 4 is 24.1 Å². The number of hydrogen-bond acceptors (Lipinski definition) is 4. The number of amides is 2. The van der Waals surface area contributed by atoms with E-state index >= 15 is 0 Å². The lowest BCUT2D eigenvalue weighted by Gasteiger charge is -2.16. The number of carbonyl (C=O) groups is 1. The molecule has 0 saturated carbocycles. The second-order valence-electron chi connectivity index (χ2n) is 5.89. The van der Waals surface area contributed by atoms with Crippen molar-refractivity contribution < 1.29 is 14.3 Å². The van der Waals surface area contributed by atoms with Gasteiger partial charge in [0, 0.05) is 25.6 Å². The molecular weight excluding hydrogens is 354 g/mol. The zero-order valence-electron chi connectivity index (χ0n) is 14.4. The SMILES string of the molecule is Cl.O=C(NCC1CNCCOC1)Nc1ccccc1Oc1ccccc1. The predicted octanol–water partition coefficient (Wildman–Crippen LogP) is 3.26. The van der Waals surface area contributed by atoms with Gasteiger partial charge in [-0.1, -0.05) is 30.3 Å². The van der Waals surface area contributed by atoms with Gasteiger partial charge in [0.1, 0.15) is 5.75 Å². The lowest BCUT2D eigenvalue weighted by atomic mass is 10.1. The highest BCUT2D eigenvalue weighted by Gasteiger charge is 2.14. The van der Waals surface area contributed by atoms with Crippen LogP contribution in [0, 0.1) is 5.92 Å². The van der Waals surface area contributed by atoms with E-state index in [1.807, 2.05) is 54.6 Å². The Labute approximate surface area is 159 Å². The molecule has 1 aliphatic rings. The Kier molecular flexibility index (Phi) is 8.21. The van der Waals surface area contributed by atoms with E-state index in [2.05, 4.69) is 16.0 Å². The first-order valence-electron chi connectivity index (χ1n) is 8.46. The van der Waals surface area contributed by atoms with Gasteiger partial charge in [-0.05, 0) is 24.3 Å². The predicted molar refractivity (Wildman–Crippen MR) is 104 cm³/mol. The maximum atomic E-state index is 12.2. The maximum absolute atomic E-state index is 12.2. The van der Waals surface area contributed by atoms with Crippen LogP contribution in [0.4, 0.5) is 10.5 Å². The minimum absolute atomic E-state index is 0. The van der Waals surface area contributed by atoms with E-state index in [0.717, 1.165) is 18.8 Å². The number of anilines is 1. The monoisotopic (exact) mass is 377 g/mol. The lowest BCUT2D eigenvalue weighted by molar-refractivity contribution is 0.123. The first-order valence-corrected chi connectivity index (χ1v) is 8.46. The molecule has 1 unspecified atom stereocenters. The summed E-state index contributed by atoms with van der Waals surface area (Å²) in [5.74, 6) is 1.59. The summed E-state index contributed by atoms with van der Waals surface area (Å²) in [4.78, 5) is 12.2. The summed E-state index contributed by atoms with van der Waals surface area (Å²) in [7, 11) is 0. The van der Waals surface area contributed by atoms with Crippen LogP contribution in [-0.2, 0) is 4.74 Å². The minimum Gasteiger partial charge on any atom is -0.455 e. The average Bonchev–Trinajstić information content (AvgIpc) is 2.91. The van der Waals surface area contributed by atoms with Gasteiger partial charge in [0.15, 0.2) is 5.75 Å². The van der Waals surface area contributed by atoms with Crippen LogP contribution in [0.2, 0.25) is 0 Å². The Hall–Kier alpha value is -2.28. The van der Waals surface area contributed by atoms with E-state index in [-0.39, 0.29) is 24.4 Å². The Morgan fingerprint density at radius 2 is 1.92 bits per heavy atom. The molecule has 1 aliphatic heterocycles. The fourth-order valence-electron chi connectivity index (χ4n) is 2.57. The molecule has 0 spiro atoms. The van der Waals surface area contributed by atoms with Gasteiger partial charge in [-0.2, -0.15) is 0 Å². The number of para-hydroxylation sites is 3. The highest BCUT2D eigenvalue weighted by atomic mass is 35.5. The van der Waals surface area contributed by atoms with E-state index in [4.69, 9.17) is 9.47 Å². The van der Waals surface area contributed by atoms with Gasteiger partial charge in [-0.3, -0.25) is 0 Å². The molecule has 1 saturated heterocycles. The molecule has 1 fully saturated rings. The fourth-order valence-corrected chi connectivity index (χ4v) is 2.57. The van der Waals surface area contributed by atoms with E-state index in [9.17, 15) is 4.79 Å². The van der Waals surface area contributed by atoms with Crippen molar-refractivity contribution in [3.05, 3.63) is 54.6 Å². The molecule has 0 aliphatic carbocycles. The maximum Gasteiger partial charge on any atom is 0.319 e. The highest BCUT2D eigenvalue weighted by Crippen LogP contribution is 2.28. The van der Waals surface area contributed by atoms with E-state index < -0.39 is 0 Å². The summed E-state index contributed by atoms with van der Waals surface area (Å²) in [6, 6.07) is 16.6. The Morgan fingerprint density at radius 1 is 1.15 bits per heavy atom. The first-order chi connectivity index (χ1) is 12.3. The van der Waals surface area contributed by atoms with Crippen LogP contribution in [0.5, 0.6) is 11.5 Å². The van der Waals surface area contributed by atoms with Crippen molar-refractivity contribution in [3.63, 3.8) is 0 Å². The molecule has 0 aromatic heterocycles. The molecule has 2 aromatic rings. The van der Waals surface area contributed by atoms with E-state index in [1.54, 1.807) is 0 Å². The van der Waals surface area contributed by atoms with Crippen LogP contribution in [0.15, 0.2) is 54.6 Å². The molecule has 1 heterocycles. The van der Waals surface area contributed by atoms with Crippen LogP contribution in [0.1, 0.15) is 0 Å². The highest BCUT2D eigenvalue weighted by molar-refractivity contribution is 5.90. The zero-order valence-corrected chi connectivity index (χ0v) is 15.3. The van der Waals surface area contributed by atoms with Crippen molar-refractivity contribution in [1.82, 2.24) is 10.6 Å². The van der Waals surface area contributed by atoms with Gasteiger partial charge in [0.25, 0.3) is 0 Å². The third-order valence-corrected chi connectivity index (χ3v) is 3.87. The molecule has 1 atom stereocenters. The summed E-state index contributed by atoms with van der Waals surface area (Å²) < 4.78 is 11.3. The summed E-state index contributed by atoms with van der Waals surface area (Å²) in [5.41, 5.74) is 0.624. The van der Waals surface area contributed by atoms with Gasteiger partial charge in [0.2, 0.25) is 0 Å². The van der Waals surface area contributed by atoms with Crippen molar-refractivity contribution in [1.29, 1.82) is 0 Å². The average molecular weight is 378 g/mol. The third-order valence-electron chi connectivity index (χ3n) is 3.87. The van der Waals surface area contributed by atoms with E-state index in [1.165, 1.54) is 0 Å². The van der Waals surface area contributed by atoms with Gasteiger partial charge < -0.3 is 25.4 Å². The minimum atomic E-state index is -0.256. The van der Waals surface area contributed by atoms with Crippen LogP contribution >= 0.6 is 12.4 Å². The van der Waals surface area contributed by atoms with Gasteiger partial charge >= 0.3 is 6.03 Å². The number of carbonyl (C=O) groups excluding carboxylic acids is 1. The molecule has 7 heteroatoms. The third kappa shape index (κ3) is 6.22. The zero-order chi connectivity index (χ0) is 17.3. The Bertz CT molecular complexity index is 677. The number of nitrogens with one attached hydrogen (secondary N) is 3. The van der Waals surface area contributed by atoms with Gasteiger partial charge in [-0.15, -0.1) is 12.4 Å². The number of benzene rings is 2. The number of halogens is 1. The molecule has 2 amide bonds. The molecule has 3 N–H and O–H groups in total. The van der Waals surface area contributed by atoms with Crippen molar-refractivity contribution in [2.24, 2.45) is 5.92 Å². The number of hydrogen-bond donors (Lipinski definition) is 3. The van der Waals surface area contributed by atoms with Crippen molar-refractivity contribution in [3.8, 4) is 11.5 Å². The summed E-state index contributed by atoms with van der Waals surface area (Å²) in [6.07, 6.45) is 0. The molecule has 0 radical (unpaired) electrons. The van der Waals surface area contributed by atoms with Crippen molar-refractivity contribution in [2.75, 3.05) is 38.2 Å². The molecule has 140 valence electrons. The molecule has 6 nitrogen and oxygen atoms in total. The Morgan fingerprint density at radius 3 is 2.77 bits per heavy atom. The smallest absolute Gasteiger partial charge is 0.319 e. The second-order valence-corrected chi connectivity index (χ2v) is 5.89. The van der Waals surface area contributed by atoms with Crippen LogP contribution < -0.4 is 20.7 Å². The molecular formula is C19H24ClN3O3. The van der Waals surface area contributed by atoms with Gasteiger partial charge in [-0.25, -0.2) is 4.79 Å². The molecule has 2 aromatic carbocycles. The van der Waals surface area contributed by atoms with E-state index in [0.29, 0.717) is 31.2 Å². The second kappa shape index (κ2) is 10.7. The fraction of sp³-hybridized carbons (Fsp3) is 0.316. The van der Waals surface area contributed by atoms with Crippen LogP contribution in [-0.4, -0.2) is 38.9 Å². The first kappa shape index (κ1) is 20.0. The number of urea groups is 1. The van der Waals surface area contributed by atoms with Crippen molar-refractivity contribution in [2.45, 2.75) is 0 Å². The Balaban J connectivity index is 0.00000243. The topological polar surface area (TPSA) is 71.6 Å².